The third kappa shape index (κ3) is 4.29. The van der Waals surface area contributed by atoms with Crippen molar-refractivity contribution in [2.24, 2.45) is 5.73 Å². The number of nitrogens with two attached hydrogens (primary N) is 1. The lowest BCUT2D eigenvalue weighted by Crippen LogP contribution is -2.44. The molecule has 0 aromatic heterocycles. The van der Waals surface area contributed by atoms with Crippen molar-refractivity contribution in [2.75, 3.05) is 20.6 Å². The van der Waals surface area contributed by atoms with Gasteiger partial charge in [-0.2, -0.15) is 0 Å². The molecular formula is C13H21N3O3S. The van der Waals surface area contributed by atoms with Gasteiger partial charge < -0.3 is 10.6 Å². The zero-order valence-corrected chi connectivity index (χ0v) is 12.7. The van der Waals surface area contributed by atoms with E-state index in [9.17, 15) is 13.2 Å². The molecular weight excluding hydrogens is 278 g/mol. The maximum Gasteiger partial charge on any atom is 0.241 e. The summed E-state index contributed by atoms with van der Waals surface area (Å²) in [5, 5.41) is -1.14. The molecule has 1 rings (SSSR count). The summed E-state index contributed by atoms with van der Waals surface area (Å²) in [5.41, 5.74) is 6.75. The Morgan fingerprint density at radius 2 is 1.85 bits per heavy atom. The quantitative estimate of drug-likeness (QED) is 0.778. The fourth-order valence-corrected chi connectivity index (χ4v) is 2.78. The van der Waals surface area contributed by atoms with Gasteiger partial charge in [0.15, 0.2) is 5.25 Å². The number of amides is 1. The van der Waals surface area contributed by atoms with Crippen LogP contribution in [0.3, 0.4) is 0 Å². The first-order valence-electron chi connectivity index (χ1n) is 6.26. The molecule has 2 unspecified atom stereocenters. The second-order valence-corrected chi connectivity index (χ2v) is 6.87. The minimum Gasteiger partial charge on any atom is -0.348 e. The van der Waals surface area contributed by atoms with Gasteiger partial charge in [0.25, 0.3) is 0 Å². The Balaban J connectivity index is 2.66. The highest BCUT2D eigenvalue weighted by Gasteiger charge is 2.29. The highest BCUT2D eigenvalue weighted by atomic mass is 32.2. The molecule has 0 heterocycles. The van der Waals surface area contributed by atoms with Crippen LogP contribution < -0.4 is 10.5 Å². The Bertz CT molecular complexity index is 543. The monoisotopic (exact) mass is 299 g/mol. The van der Waals surface area contributed by atoms with E-state index in [1.165, 1.54) is 25.9 Å². The summed E-state index contributed by atoms with van der Waals surface area (Å²) in [6.07, 6.45) is 0. The number of nitrogens with one attached hydrogen (secondary N) is 1. The first-order chi connectivity index (χ1) is 9.25. The minimum atomic E-state index is -3.73. The molecule has 0 aliphatic rings. The standard InChI is InChI=1S/C13H21N3O3S/c1-10(13(17)16(2)3)20(18,19)15-9-12(14)11-7-5-4-6-8-11/h4-8,10,12,15H,9,14H2,1-3H3. The van der Waals surface area contributed by atoms with Crippen LogP contribution in [0.5, 0.6) is 0 Å². The van der Waals surface area contributed by atoms with Crippen molar-refractivity contribution in [1.29, 1.82) is 0 Å². The number of carbonyl (C=O) groups excluding carboxylic acids is 1. The SMILES string of the molecule is CC(C(=O)N(C)C)S(=O)(=O)NCC(N)c1ccccc1. The summed E-state index contributed by atoms with van der Waals surface area (Å²) in [6.45, 7) is 1.41. The first kappa shape index (κ1) is 16.6. The minimum absolute atomic E-state index is 0.0530. The van der Waals surface area contributed by atoms with Gasteiger partial charge in [0.05, 0.1) is 0 Å². The van der Waals surface area contributed by atoms with Crippen molar-refractivity contribution in [3.63, 3.8) is 0 Å². The molecule has 0 spiro atoms. The lowest BCUT2D eigenvalue weighted by atomic mass is 10.1. The molecule has 0 saturated carbocycles. The van der Waals surface area contributed by atoms with Gasteiger partial charge in [-0.05, 0) is 12.5 Å². The molecule has 0 aliphatic heterocycles. The average Bonchev–Trinajstić information content (AvgIpc) is 2.44. The molecule has 2 atom stereocenters. The second kappa shape index (κ2) is 6.83. The molecule has 0 aliphatic carbocycles. The van der Waals surface area contributed by atoms with Crippen LogP contribution in [0, 0.1) is 0 Å². The maximum absolute atomic E-state index is 12.0. The van der Waals surface area contributed by atoms with Gasteiger partial charge in [-0.25, -0.2) is 13.1 Å². The highest BCUT2D eigenvalue weighted by Crippen LogP contribution is 2.09. The molecule has 0 bridgehead atoms. The van der Waals surface area contributed by atoms with Crippen molar-refractivity contribution in [1.82, 2.24) is 9.62 Å². The molecule has 3 N–H and O–H groups in total. The fourth-order valence-electron chi connectivity index (χ4n) is 1.65. The zero-order chi connectivity index (χ0) is 15.3. The van der Waals surface area contributed by atoms with Crippen LogP contribution in [-0.4, -0.2) is 45.1 Å². The topological polar surface area (TPSA) is 92.5 Å². The van der Waals surface area contributed by atoms with Crippen LogP contribution in [0.15, 0.2) is 30.3 Å². The van der Waals surface area contributed by atoms with Crippen molar-refractivity contribution in [3.05, 3.63) is 35.9 Å². The Kier molecular flexibility index (Phi) is 5.67. The Morgan fingerprint density at radius 3 is 2.35 bits per heavy atom. The summed E-state index contributed by atoms with van der Waals surface area (Å²) in [6, 6.07) is 8.73. The molecule has 7 heteroatoms. The van der Waals surface area contributed by atoms with Gasteiger partial charge in [0.2, 0.25) is 15.9 Å². The predicted octanol–water partition coefficient (Wildman–Crippen LogP) is 0.0825. The van der Waals surface area contributed by atoms with E-state index in [2.05, 4.69) is 4.72 Å². The number of rotatable bonds is 6. The van der Waals surface area contributed by atoms with Crippen molar-refractivity contribution >= 4 is 15.9 Å². The van der Waals surface area contributed by atoms with Crippen LogP contribution in [0.2, 0.25) is 0 Å². The van der Waals surface area contributed by atoms with E-state index in [-0.39, 0.29) is 6.54 Å². The third-order valence-electron chi connectivity index (χ3n) is 2.99. The summed E-state index contributed by atoms with van der Waals surface area (Å²) >= 11 is 0. The molecule has 1 aromatic carbocycles. The van der Waals surface area contributed by atoms with E-state index in [0.29, 0.717) is 0 Å². The molecule has 1 aromatic rings. The van der Waals surface area contributed by atoms with Crippen LogP contribution in [0.1, 0.15) is 18.5 Å². The fraction of sp³-hybridized carbons (Fsp3) is 0.462. The number of hydrogen-bond donors (Lipinski definition) is 2. The normalized spacial score (nSPS) is 14.6. The maximum atomic E-state index is 12.0. The van der Waals surface area contributed by atoms with Crippen LogP contribution in [0.25, 0.3) is 0 Å². The largest absolute Gasteiger partial charge is 0.348 e. The van der Waals surface area contributed by atoms with Gasteiger partial charge in [0.1, 0.15) is 0 Å². The van der Waals surface area contributed by atoms with E-state index in [4.69, 9.17) is 5.73 Å². The predicted molar refractivity (Wildman–Crippen MR) is 78.4 cm³/mol. The number of sulfonamides is 1. The van der Waals surface area contributed by atoms with E-state index < -0.39 is 27.2 Å². The van der Waals surface area contributed by atoms with E-state index >= 15 is 0 Å². The van der Waals surface area contributed by atoms with E-state index in [1.807, 2.05) is 30.3 Å². The van der Waals surface area contributed by atoms with Gasteiger partial charge in [-0.1, -0.05) is 30.3 Å². The Hall–Kier alpha value is -1.44. The number of nitrogens with zero attached hydrogens (tertiary/aromatic N) is 1. The second-order valence-electron chi connectivity index (χ2n) is 4.79. The molecule has 0 radical (unpaired) electrons. The van der Waals surface area contributed by atoms with Gasteiger partial charge >= 0.3 is 0 Å². The number of benzene rings is 1. The molecule has 0 saturated heterocycles. The summed E-state index contributed by atoms with van der Waals surface area (Å²) in [5.74, 6) is -0.467. The smallest absolute Gasteiger partial charge is 0.241 e. The van der Waals surface area contributed by atoms with Crippen molar-refractivity contribution < 1.29 is 13.2 Å². The zero-order valence-electron chi connectivity index (χ0n) is 11.9. The van der Waals surface area contributed by atoms with Crippen LogP contribution in [-0.2, 0) is 14.8 Å². The summed E-state index contributed by atoms with van der Waals surface area (Å²) in [7, 11) is -0.693. The van der Waals surface area contributed by atoms with E-state index in [0.717, 1.165) is 5.56 Å². The first-order valence-corrected chi connectivity index (χ1v) is 7.80. The molecule has 20 heavy (non-hydrogen) atoms. The highest BCUT2D eigenvalue weighted by molar-refractivity contribution is 7.90. The van der Waals surface area contributed by atoms with Crippen LogP contribution in [0.4, 0.5) is 0 Å². The lowest BCUT2D eigenvalue weighted by molar-refractivity contribution is -0.127. The van der Waals surface area contributed by atoms with Crippen LogP contribution >= 0.6 is 0 Å². The molecule has 6 nitrogen and oxygen atoms in total. The van der Waals surface area contributed by atoms with Gasteiger partial charge in [-0.3, -0.25) is 4.79 Å². The van der Waals surface area contributed by atoms with Crippen molar-refractivity contribution in [2.45, 2.75) is 18.2 Å². The summed E-state index contributed by atoms with van der Waals surface area (Å²) in [4.78, 5) is 12.9. The third-order valence-corrected chi connectivity index (χ3v) is 4.69. The van der Waals surface area contributed by atoms with Crippen molar-refractivity contribution in [3.8, 4) is 0 Å². The number of hydrogen-bond acceptors (Lipinski definition) is 4. The lowest BCUT2D eigenvalue weighted by Gasteiger charge is -2.19. The average molecular weight is 299 g/mol. The number of carbonyl (C=O) groups is 1. The Morgan fingerprint density at radius 1 is 1.30 bits per heavy atom. The van der Waals surface area contributed by atoms with Gasteiger partial charge in [-0.15, -0.1) is 0 Å². The molecule has 112 valence electrons. The molecule has 0 fully saturated rings. The summed E-state index contributed by atoms with van der Waals surface area (Å²) < 4.78 is 26.4. The van der Waals surface area contributed by atoms with E-state index in [1.54, 1.807) is 0 Å². The Labute approximate surface area is 120 Å². The van der Waals surface area contributed by atoms with Gasteiger partial charge in [0, 0.05) is 26.7 Å². The molecule has 1 amide bonds.